The monoisotopic (exact) mass is 196 g/mol. The number of ketones is 1. The van der Waals surface area contributed by atoms with Crippen molar-refractivity contribution < 1.29 is 4.79 Å². The van der Waals surface area contributed by atoms with E-state index in [1.807, 2.05) is 0 Å². The van der Waals surface area contributed by atoms with Crippen LogP contribution in [-0.2, 0) is 4.79 Å². The van der Waals surface area contributed by atoms with Crippen molar-refractivity contribution in [2.24, 2.45) is 23.7 Å². The Balaban J connectivity index is 2.45. The van der Waals surface area contributed by atoms with Crippen molar-refractivity contribution in [3.8, 4) is 0 Å². The highest BCUT2D eigenvalue weighted by molar-refractivity contribution is 5.75. The summed E-state index contributed by atoms with van der Waals surface area (Å²) in [5.41, 5.74) is 0. The lowest BCUT2D eigenvalue weighted by Gasteiger charge is -2.38. The fourth-order valence-corrected chi connectivity index (χ4v) is 3.21. The molecule has 0 spiro atoms. The number of Topliss-reactive ketones (excluding diaryl/α,β-unsaturated/α-hetero) is 1. The normalized spacial score (nSPS) is 38.3. The third-order valence-corrected chi connectivity index (χ3v) is 3.84. The smallest absolute Gasteiger partial charge is 0.129 e. The average molecular weight is 196 g/mol. The topological polar surface area (TPSA) is 17.1 Å². The van der Waals surface area contributed by atoms with E-state index in [1.54, 1.807) is 6.92 Å². The van der Waals surface area contributed by atoms with Crippen LogP contribution in [0.25, 0.3) is 0 Å². The Kier molecular flexibility index (Phi) is 4.15. The van der Waals surface area contributed by atoms with Gasteiger partial charge in [0.1, 0.15) is 5.78 Å². The second-order valence-electron chi connectivity index (χ2n) is 5.44. The molecule has 2 atom stereocenters. The summed E-state index contributed by atoms with van der Waals surface area (Å²) in [6.45, 7) is 8.78. The minimum atomic E-state index is 0.350. The molecule has 0 radical (unpaired) electrons. The average Bonchev–Trinajstić information content (AvgIpc) is 2.01. The van der Waals surface area contributed by atoms with Crippen LogP contribution in [0.5, 0.6) is 0 Å². The first-order valence-electron chi connectivity index (χ1n) is 6.00. The summed E-state index contributed by atoms with van der Waals surface area (Å²) in [4.78, 5) is 11.0. The summed E-state index contributed by atoms with van der Waals surface area (Å²) >= 11 is 0. The van der Waals surface area contributed by atoms with Gasteiger partial charge in [0.25, 0.3) is 0 Å². The lowest BCUT2D eigenvalue weighted by molar-refractivity contribution is -0.117. The van der Waals surface area contributed by atoms with Crippen LogP contribution in [0.4, 0.5) is 0 Å². The van der Waals surface area contributed by atoms with Crippen molar-refractivity contribution in [3.63, 3.8) is 0 Å². The summed E-state index contributed by atoms with van der Waals surface area (Å²) in [6.07, 6.45) is 4.61. The van der Waals surface area contributed by atoms with E-state index in [4.69, 9.17) is 0 Å². The Morgan fingerprint density at radius 2 is 1.64 bits per heavy atom. The van der Waals surface area contributed by atoms with Crippen molar-refractivity contribution in [1.29, 1.82) is 0 Å². The van der Waals surface area contributed by atoms with Crippen molar-refractivity contribution in [3.05, 3.63) is 0 Å². The quantitative estimate of drug-likeness (QED) is 0.673. The molecule has 0 aromatic carbocycles. The summed E-state index contributed by atoms with van der Waals surface area (Å²) in [5, 5.41) is 0. The van der Waals surface area contributed by atoms with Crippen LogP contribution >= 0.6 is 0 Å². The lowest BCUT2D eigenvalue weighted by Crippen LogP contribution is -2.29. The van der Waals surface area contributed by atoms with Crippen molar-refractivity contribution in [1.82, 2.24) is 0 Å². The standard InChI is InChI=1S/C13H24O/c1-9-7-10(2)13(11(3)8-9)6-5-12(4)14/h9-11,13H,5-8H2,1-4H3. The zero-order valence-electron chi connectivity index (χ0n) is 10.0. The van der Waals surface area contributed by atoms with Crippen LogP contribution in [0.15, 0.2) is 0 Å². The SMILES string of the molecule is CC(=O)CCC1C(C)CC(C)CC1C. The highest BCUT2D eigenvalue weighted by Crippen LogP contribution is 2.39. The highest BCUT2D eigenvalue weighted by Gasteiger charge is 2.30. The van der Waals surface area contributed by atoms with E-state index in [0.717, 1.165) is 36.5 Å². The molecule has 0 amide bonds. The number of hydrogen-bond acceptors (Lipinski definition) is 1. The van der Waals surface area contributed by atoms with Gasteiger partial charge >= 0.3 is 0 Å². The van der Waals surface area contributed by atoms with Crippen molar-refractivity contribution >= 4 is 5.78 Å². The molecular weight excluding hydrogens is 172 g/mol. The molecule has 0 aromatic heterocycles. The van der Waals surface area contributed by atoms with E-state index in [9.17, 15) is 4.79 Å². The Morgan fingerprint density at radius 1 is 1.14 bits per heavy atom. The number of carbonyl (C=O) groups is 1. The number of rotatable bonds is 3. The molecule has 0 heterocycles. The minimum Gasteiger partial charge on any atom is -0.300 e. The lowest BCUT2D eigenvalue weighted by atomic mass is 9.68. The largest absolute Gasteiger partial charge is 0.300 e. The van der Waals surface area contributed by atoms with Crippen LogP contribution in [0.3, 0.4) is 0 Å². The van der Waals surface area contributed by atoms with Gasteiger partial charge in [0.15, 0.2) is 0 Å². The Labute approximate surface area is 88.3 Å². The molecule has 0 aliphatic heterocycles. The molecule has 1 aliphatic rings. The molecule has 14 heavy (non-hydrogen) atoms. The molecule has 1 rings (SSSR count). The van der Waals surface area contributed by atoms with Gasteiger partial charge in [-0.2, -0.15) is 0 Å². The first-order chi connectivity index (χ1) is 6.50. The molecule has 1 heteroatoms. The highest BCUT2D eigenvalue weighted by atomic mass is 16.1. The van der Waals surface area contributed by atoms with Crippen LogP contribution in [-0.4, -0.2) is 5.78 Å². The van der Waals surface area contributed by atoms with Gasteiger partial charge in [0.05, 0.1) is 0 Å². The summed E-state index contributed by atoms with van der Waals surface area (Å²) in [6, 6.07) is 0. The van der Waals surface area contributed by atoms with Crippen LogP contribution in [0.2, 0.25) is 0 Å². The molecule has 2 unspecified atom stereocenters. The van der Waals surface area contributed by atoms with Crippen molar-refractivity contribution in [2.45, 2.75) is 53.4 Å². The Bertz CT molecular complexity index is 185. The summed E-state index contributed by atoms with van der Waals surface area (Å²) in [5.74, 6) is 3.65. The maximum absolute atomic E-state index is 11.0. The van der Waals surface area contributed by atoms with Crippen molar-refractivity contribution in [2.75, 3.05) is 0 Å². The fraction of sp³-hybridized carbons (Fsp3) is 0.923. The molecule has 1 nitrogen and oxygen atoms in total. The van der Waals surface area contributed by atoms with E-state index < -0.39 is 0 Å². The first-order valence-corrected chi connectivity index (χ1v) is 6.00. The molecule has 1 fully saturated rings. The second-order valence-corrected chi connectivity index (χ2v) is 5.44. The van der Waals surface area contributed by atoms with E-state index in [-0.39, 0.29) is 0 Å². The van der Waals surface area contributed by atoms with E-state index in [2.05, 4.69) is 20.8 Å². The van der Waals surface area contributed by atoms with Gasteiger partial charge in [-0.1, -0.05) is 20.8 Å². The second kappa shape index (κ2) is 4.95. The maximum atomic E-state index is 11.0. The molecule has 0 aromatic rings. The molecule has 1 saturated carbocycles. The molecule has 0 N–H and O–H groups in total. The van der Waals surface area contributed by atoms with E-state index in [0.29, 0.717) is 5.78 Å². The molecule has 1 aliphatic carbocycles. The zero-order chi connectivity index (χ0) is 10.7. The van der Waals surface area contributed by atoms with Gasteiger partial charge in [-0.15, -0.1) is 0 Å². The van der Waals surface area contributed by atoms with Gasteiger partial charge in [0, 0.05) is 6.42 Å². The van der Waals surface area contributed by atoms with Crippen LogP contribution < -0.4 is 0 Å². The molecule has 82 valence electrons. The first kappa shape index (κ1) is 11.7. The fourth-order valence-electron chi connectivity index (χ4n) is 3.21. The van der Waals surface area contributed by atoms with E-state index in [1.165, 1.54) is 12.8 Å². The van der Waals surface area contributed by atoms with E-state index >= 15 is 0 Å². The molecular formula is C13H24O. The summed E-state index contributed by atoms with van der Waals surface area (Å²) in [7, 11) is 0. The predicted octanol–water partition coefficient (Wildman–Crippen LogP) is 3.67. The Morgan fingerprint density at radius 3 is 2.07 bits per heavy atom. The third-order valence-electron chi connectivity index (χ3n) is 3.84. The molecule has 0 saturated heterocycles. The third kappa shape index (κ3) is 3.11. The van der Waals surface area contributed by atoms with Crippen LogP contribution in [0, 0.1) is 23.7 Å². The van der Waals surface area contributed by atoms with Gasteiger partial charge in [-0.25, -0.2) is 0 Å². The van der Waals surface area contributed by atoms with Gasteiger partial charge < -0.3 is 4.79 Å². The summed E-state index contributed by atoms with van der Waals surface area (Å²) < 4.78 is 0. The maximum Gasteiger partial charge on any atom is 0.129 e. The zero-order valence-corrected chi connectivity index (χ0v) is 10.0. The number of carbonyl (C=O) groups excluding carboxylic acids is 1. The van der Waals surface area contributed by atoms with Crippen LogP contribution in [0.1, 0.15) is 53.4 Å². The predicted molar refractivity (Wildman–Crippen MR) is 60.1 cm³/mol. The Hall–Kier alpha value is -0.330. The molecule has 0 bridgehead atoms. The van der Waals surface area contributed by atoms with Gasteiger partial charge in [-0.05, 0) is 49.9 Å². The van der Waals surface area contributed by atoms with Gasteiger partial charge in [-0.3, -0.25) is 0 Å². The van der Waals surface area contributed by atoms with Gasteiger partial charge in [0.2, 0.25) is 0 Å². The number of hydrogen-bond donors (Lipinski definition) is 0. The minimum absolute atomic E-state index is 0.350.